The van der Waals surface area contributed by atoms with Crippen molar-refractivity contribution in [3.63, 3.8) is 0 Å². The van der Waals surface area contributed by atoms with Gasteiger partial charge in [0.1, 0.15) is 0 Å². The fraction of sp³-hybridized carbons (Fsp3) is 0.533. The van der Waals surface area contributed by atoms with Crippen molar-refractivity contribution in [3.8, 4) is 0 Å². The highest BCUT2D eigenvalue weighted by Crippen LogP contribution is 2.19. The SMILES string of the molecule is CCN(CC)C(=O)CCNc1c(C)cccc1C. The molecule has 0 spiro atoms. The van der Waals surface area contributed by atoms with Crippen LogP contribution in [0.15, 0.2) is 18.2 Å². The Morgan fingerprint density at radius 2 is 1.72 bits per heavy atom. The molecule has 0 aliphatic rings. The van der Waals surface area contributed by atoms with E-state index in [1.54, 1.807) is 0 Å². The topological polar surface area (TPSA) is 32.3 Å². The largest absolute Gasteiger partial charge is 0.384 e. The molecule has 0 fully saturated rings. The Balaban J connectivity index is 2.49. The van der Waals surface area contributed by atoms with Crippen LogP contribution in [0.2, 0.25) is 0 Å². The maximum atomic E-state index is 11.9. The highest BCUT2D eigenvalue weighted by molar-refractivity contribution is 5.76. The van der Waals surface area contributed by atoms with E-state index in [2.05, 4.69) is 37.4 Å². The van der Waals surface area contributed by atoms with Gasteiger partial charge in [-0.05, 0) is 38.8 Å². The van der Waals surface area contributed by atoms with Crippen LogP contribution in [0.3, 0.4) is 0 Å². The standard InChI is InChI=1S/C15H24N2O/c1-5-17(6-2)14(18)10-11-16-15-12(3)8-7-9-13(15)4/h7-9,16H,5-6,10-11H2,1-4H3. The van der Waals surface area contributed by atoms with Gasteiger partial charge >= 0.3 is 0 Å². The van der Waals surface area contributed by atoms with Gasteiger partial charge in [0.05, 0.1) is 0 Å². The molecule has 0 radical (unpaired) electrons. The molecule has 1 amide bonds. The molecule has 0 aliphatic carbocycles. The summed E-state index contributed by atoms with van der Waals surface area (Å²) >= 11 is 0. The average Bonchev–Trinajstić information content (AvgIpc) is 2.34. The zero-order valence-corrected chi connectivity index (χ0v) is 11.9. The minimum Gasteiger partial charge on any atom is -0.384 e. The lowest BCUT2D eigenvalue weighted by molar-refractivity contribution is -0.130. The molecule has 100 valence electrons. The predicted octanol–water partition coefficient (Wildman–Crippen LogP) is 2.97. The smallest absolute Gasteiger partial charge is 0.224 e. The summed E-state index contributed by atoms with van der Waals surface area (Å²) in [5.41, 5.74) is 3.61. The number of nitrogens with zero attached hydrogens (tertiary/aromatic N) is 1. The molecule has 0 heterocycles. The van der Waals surface area contributed by atoms with E-state index in [4.69, 9.17) is 0 Å². The van der Waals surface area contributed by atoms with E-state index in [9.17, 15) is 4.79 Å². The van der Waals surface area contributed by atoms with Crippen molar-refractivity contribution in [1.29, 1.82) is 0 Å². The molecule has 1 aromatic rings. The third-order valence-corrected chi connectivity index (χ3v) is 3.24. The zero-order chi connectivity index (χ0) is 13.5. The molecule has 1 aromatic carbocycles. The Labute approximate surface area is 110 Å². The van der Waals surface area contributed by atoms with Crippen LogP contribution in [0.25, 0.3) is 0 Å². The number of carbonyl (C=O) groups is 1. The summed E-state index contributed by atoms with van der Waals surface area (Å²) in [5.74, 6) is 0.221. The van der Waals surface area contributed by atoms with Crippen LogP contribution in [0.4, 0.5) is 5.69 Å². The second-order valence-electron chi connectivity index (χ2n) is 4.51. The summed E-state index contributed by atoms with van der Waals surface area (Å²) in [6.45, 7) is 10.5. The fourth-order valence-electron chi connectivity index (χ4n) is 2.12. The highest BCUT2D eigenvalue weighted by Gasteiger charge is 2.09. The van der Waals surface area contributed by atoms with Crippen molar-refractivity contribution >= 4 is 11.6 Å². The summed E-state index contributed by atoms with van der Waals surface area (Å²) in [6, 6.07) is 6.22. The van der Waals surface area contributed by atoms with Crippen molar-refractivity contribution in [3.05, 3.63) is 29.3 Å². The summed E-state index contributed by atoms with van der Waals surface area (Å²) in [4.78, 5) is 13.7. The lowest BCUT2D eigenvalue weighted by Gasteiger charge is -2.19. The Bertz CT molecular complexity index is 377. The number of aryl methyl sites for hydroxylation is 2. The van der Waals surface area contributed by atoms with Crippen LogP contribution in [-0.2, 0) is 4.79 Å². The number of benzene rings is 1. The number of amides is 1. The van der Waals surface area contributed by atoms with Gasteiger partial charge in [-0.2, -0.15) is 0 Å². The van der Waals surface area contributed by atoms with Crippen molar-refractivity contribution < 1.29 is 4.79 Å². The number of anilines is 1. The number of para-hydroxylation sites is 1. The molecule has 0 aliphatic heterocycles. The van der Waals surface area contributed by atoms with Gasteiger partial charge in [-0.3, -0.25) is 4.79 Å². The number of rotatable bonds is 6. The monoisotopic (exact) mass is 248 g/mol. The highest BCUT2D eigenvalue weighted by atomic mass is 16.2. The first kappa shape index (κ1) is 14.6. The quantitative estimate of drug-likeness (QED) is 0.839. The normalized spacial score (nSPS) is 10.2. The number of carbonyl (C=O) groups excluding carboxylic acids is 1. The van der Waals surface area contributed by atoms with Gasteiger partial charge in [0.25, 0.3) is 0 Å². The summed E-state index contributed by atoms with van der Waals surface area (Å²) in [5, 5.41) is 3.37. The minimum atomic E-state index is 0.221. The van der Waals surface area contributed by atoms with Crippen LogP contribution in [0.5, 0.6) is 0 Å². The van der Waals surface area contributed by atoms with E-state index in [-0.39, 0.29) is 5.91 Å². The molecule has 0 bridgehead atoms. The maximum Gasteiger partial charge on any atom is 0.224 e. The zero-order valence-electron chi connectivity index (χ0n) is 11.9. The lowest BCUT2D eigenvalue weighted by Crippen LogP contribution is -2.31. The molecule has 0 saturated carbocycles. The van der Waals surface area contributed by atoms with Crippen molar-refractivity contribution in [2.75, 3.05) is 25.0 Å². The first-order valence-corrected chi connectivity index (χ1v) is 6.68. The van der Waals surface area contributed by atoms with E-state index in [0.29, 0.717) is 13.0 Å². The van der Waals surface area contributed by atoms with Crippen molar-refractivity contribution in [1.82, 2.24) is 4.90 Å². The Hall–Kier alpha value is -1.51. The third kappa shape index (κ3) is 3.76. The van der Waals surface area contributed by atoms with Crippen LogP contribution < -0.4 is 5.32 Å². The fourth-order valence-corrected chi connectivity index (χ4v) is 2.12. The number of hydrogen-bond donors (Lipinski definition) is 1. The van der Waals surface area contributed by atoms with E-state index < -0.39 is 0 Å². The third-order valence-electron chi connectivity index (χ3n) is 3.24. The second-order valence-corrected chi connectivity index (χ2v) is 4.51. The van der Waals surface area contributed by atoms with Gasteiger partial charge in [0.2, 0.25) is 5.91 Å². The van der Waals surface area contributed by atoms with Gasteiger partial charge in [0, 0.05) is 31.7 Å². The summed E-state index contributed by atoms with van der Waals surface area (Å²) < 4.78 is 0. The van der Waals surface area contributed by atoms with Crippen LogP contribution >= 0.6 is 0 Å². The van der Waals surface area contributed by atoms with Gasteiger partial charge in [0.15, 0.2) is 0 Å². The Morgan fingerprint density at radius 1 is 1.17 bits per heavy atom. The Morgan fingerprint density at radius 3 is 2.22 bits per heavy atom. The average molecular weight is 248 g/mol. The molecular weight excluding hydrogens is 224 g/mol. The summed E-state index contributed by atoms with van der Waals surface area (Å²) in [7, 11) is 0. The molecule has 18 heavy (non-hydrogen) atoms. The van der Waals surface area contributed by atoms with Crippen LogP contribution in [-0.4, -0.2) is 30.4 Å². The number of nitrogens with one attached hydrogen (secondary N) is 1. The number of hydrogen-bond acceptors (Lipinski definition) is 2. The van der Waals surface area contributed by atoms with Crippen LogP contribution in [0.1, 0.15) is 31.4 Å². The van der Waals surface area contributed by atoms with Gasteiger partial charge in [-0.25, -0.2) is 0 Å². The lowest BCUT2D eigenvalue weighted by atomic mass is 10.1. The molecule has 1 N–H and O–H groups in total. The van der Waals surface area contributed by atoms with E-state index in [1.165, 1.54) is 11.1 Å². The van der Waals surface area contributed by atoms with Crippen LogP contribution in [0, 0.1) is 13.8 Å². The molecule has 3 nitrogen and oxygen atoms in total. The molecule has 1 rings (SSSR count). The van der Waals surface area contributed by atoms with Gasteiger partial charge in [-0.15, -0.1) is 0 Å². The molecule has 0 atom stereocenters. The Kier molecular flexibility index (Phi) is 5.69. The molecular formula is C15H24N2O. The molecule has 0 saturated heterocycles. The van der Waals surface area contributed by atoms with Gasteiger partial charge < -0.3 is 10.2 Å². The van der Waals surface area contributed by atoms with E-state index in [0.717, 1.165) is 18.8 Å². The first-order chi connectivity index (χ1) is 8.60. The summed E-state index contributed by atoms with van der Waals surface area (Å²) in [6.07, 6.45) is 0.551. The van der Waals surface area contributed by atoms with Gasteiger partial charge in [-0.1, -0.05) is 18.2 Å². The van der Waals surface area contributed by atoms with Crippen molar-refractivity contribution in [2.24, 2.45) is 0 Å². The maximum absolute atomic E-state index is 11.9. The second kappa shape index (κ2) is 7.04. The predicted molar refractivity (Wildman–Crippen MR) is 77.0 cm³/mol. The molecule has 3 heteroatoms. The van der Waals surface area contributed by atoms with E-state index >= 15 is 0 Å². The molecule has 0 unspecified atom stereocenters. The van der Waals surface area contributed by atoms with E-state index in [1.807, 2.05) is 18.7 Å². The first-order valence-electron chi connectivity index (χ1n) is 6.68. The minimum absolute atomic E-state index is 0.221. The van der Waals surface area contributed by atoms with Crippen molar-refractivity contribution in [2.45, 2.75) is 34.1 Å². The molecule has 0 aromatic heterocycles.